The quantitative estimate of drug-likeness (QED) is 0.143. The molecular weight excluding hydrogens is 344 g/mol. The molecular formula is C26H52O2. The molecule has 0 fully saturated rings. The van der Waals surface area contributed by atoms with Gasteiger partial charge < -0.3 is 4.74 Å². The van der Waals surface area contributed by atoms with Crippen LogP contribution in [0.3, 0.4) is 0 Å². The number of hydrogen-bond donors (Lipinski definition) is 0. The van der Waals surface area contributed by atoms with Crippen LogP contribution in [0.1, 0.15) is 143 Å². The Labute approximate surface area is 177 Å². The van der Waals surface area contributed by atoms with E-state index in [-0.39, 0.29) is 5.97 Å². The zero-order valence-corrected chi connectivity index (χ0v) is 19.9. The van der Waals surface area contributed by atoms with Gasteiger partial charge in [0.25, 0.3) is 0 Å². The van der Waals surface area contributed by atoms with E-state index in [1.807, 2.05) is 0 Å². The molecule has 168 valence electrons. The molecule has 0 aliphatic heterocycles. The predicted molar refractivity (Wildman–Crippen MR) is 124 cm³/mol. The minimum atomic E-state index is 0.0497. The third-order valence-corrected chi connectivity index (χ3v) is 5.83. The number of rotatable bonds is 21. The van der Waals surface area contributed by atoms with Gasteiger partial charge in [-0.05, 0) is 31.1 Å². The van der Waals surface area contributed by atoms with E-state index in [1.54, 1.807) is 0 Å². The van der Waals surface area contributed by atoms with E-state index in [0.29, 0.717) is 18.9 Å². The minimum absolute atomic E-state index is 0.0497. The summed E-state index contributed by atoms with van der Waals surface area (Å²) in [7, 11) is 0. The molecule has 0 N–H and O–H groups in total. The largest absolute Gasteiger partial charge is 0.466 e. The summed E-state index contributed by atoms with van der Waals surface area (Å²) in [5.74, 6) is 1.40. The van der Waals surface area contributed by atoms with Crippen LogP contribution in [0, 0.1) is 11.8 Å². The van der Waals surface area contributed by atoms with Gasteiger partial charge in [0.05, 0.1) is 6.61 Å². The molecule has 0 bridgehead atoms. The normalized spacial score (nSPS) is 12.5. The molecule has 0 spiro atoms. The van der Waals surface area contributed by atoms with Crippen LogP contribution >= 0.6 is 0 Å². The molecule has 0 aliphatic rings. The number of ether oxygens (including phenoxy) is 1. The maximum absolute atomic E-state index is 12.3. The zero-order valence-electron chi connectivity index (χ0n) is 19.9. The number of unbranched alkanes of at least 4 members (excludes halogenated alkanes) is 11. The Hall–Kier alpha value is -0.530. The first-order chi connectivity index (χ1) is 13.6. The number of carbonyl (C=O) groups is 1. The highest BCUT2D eigenvalue weighted by molar-refractivity contribution is 5.69. The fourth-order valence-corrected chi connectivity index (χ4v) is 3.91. The molecule has 0 radical (unpaired) electrons. The number of hydrogen-bond acceptors (Lipinski definition) is 2. The van der Waals surface area contributed by atoms with Gasteiger partial charge in [-0.15, -0.1) is 0 Å². The molecule has 1 unspecified atom stereocenters. The van der Waals surface area contributed by atoms with Crippen molar-refractivity contribution < 1.29 is 9.53 Å². The predicted octanol–water partition coefficient (Wildman–Crippen LogP) is 8.86. The molecule has 0 aromatic heterocycles. The minimum Gasteiger partial charge on any atom is -0.466 e. The lowest BCUT2D eigenvalue weighted by Crippen LogP contribution is -2.13. The van der Waals surface area contributed by atoms with Crippen molar-refractivity contribution in [1.29, 1.82) is 0 Å². The highest BCUT2D eigenvalue weighted by Crippen LogP contribution is 2.22. The summed E-state index contributed by atoms with van der Waals surface area (Å²) in [6, 6.07) is 0. The summed E-state index contributed by atoms with van der Waals surface area (Å²) in [4.78, 5) is 12.3. The van der Waals surface area contributed by atoms with Crippen LogP contribution in [-0.4, -0.2) is 12.6 Å². The molecule has 0 aromatic carbocycles. The monoisotopic (exact) mass is 396 g/mol. The fraction of sp³-hybridized carbons (Fsp3) is 0.962. The molecule has 0 saturated carbocycles. The van der Waals surface area contributed by atoms with Crippen molar-refractivity contribution >= 4 is 5.97 Å². The van der Waals surface area contributed by atoms with Crippen LogP contribution in [0.25, 0.3) is 0 Å². The Bertz CT molecular complexity index is 324. The van der Waals surface area contributed by atoms with E-state index in [0.717, 1.165) is 12.3 Å². The summed E-state index contributed by atoms with van der Waals surface area (Å²) in [5.41, 5.74) is 0. The van der Waals surface area contributed by atoms with Gasteiger partial charge in [-0.25, -0.2) is 0 Å². The molecule has 1 atom stereocenters. The third-order valence-electron chi connectivity index (χ3n) is 5.83. The second kappa shape index (κ2) is 21.2. The maximum atomic E-state index is 12.3. The second-order valence-corrected chi connectivity index (χ2v) is 9.29. The van der Waals surface area contributed by atoms with Crippen LogP contribution in [0.4, 0.5) is 0 Å². The first kappa shape index (κ1) is 27.5. The lowest BCUT2D eigenvalue weighted by atomic mass is 9.91. The molecule has 2 nitrogen and oxygen atoms in total. The molecule has 0 saturated heterocycles. The van der Waals surface area contributed by atoms with Gasteiger partial charge in [0.15, 0.2) is 0 Å². The van der Waals surface area contributed by atoms with E-state index in [1.165, 1.54) is 103 Å². The molecule has 2 heteroatoms. The SMILES string of the molecule is CCCCCCCCC(CCCCCC)CC(=O)OCCCCCCC(C)C. The van der Waals surface area contributed by atoms with Gasteiger partial charge in [-0.3, -0.25) is 4.79 Å². The second-order valence-electron chi connectivity index (χ2n) is 9.29. The average Bonchev–Trinajstić information content (AvgIpc) is 2.66. The van der Waals surface area contributed by atoms with Gasteiger partial charge in [0, 0.05) is 6.42 Å². The third kappa shape index (κ3) is 20.2. The van der Waals surface area contributed by atoms with Gasteiger partial charge >= 0.3 is 5.97 Å². The Morgan fingerprint density at radius 1 is 0.643 bits per heavy atom. The van der Waals surface area contributed by atoms with Crippen molar-refractivity contribution in [2.24, 2.45) is 11.8 Å². The standard InChI is InChI=1S/C26H52O2/c1-5-7-9-11-12-17-21-25(20-16-10-8-6-2)23-26(27)28-22-18-14-13-15-19-24(3)4/h24-25H,5-23H2,1-4H3. The summed E-state index contributed by atoms with van der Waals surface area (Å²) in [6.07, 6.45) is 22.4. The highest BCUT2D eigenvalue weighted by atomic mass is 16.5. The maximum Gasteiger partial charge on any atom is 0.306 e. The van der Waals surface area contributed by atoms with Gasteiger partial charge in [0.2, 0.25) is 0 Å². The van der Waals surface area contributed by atoms with Crippen molar-refractivity contribution in [3.63, 3.8) is 0 Å². The van der Waals surface area contributed by atoms with E-state index in [9.17, 15) is 4.79 Å². The zero-order chi connectivity index (χ0) is 20.9. The van der Waals surface area contributed by atoms with E-state index in [4.69, 9.17) is 4.74 Å². The van der Waals surface area contributed by atoms with E-state index >= 15 is 0 Å². The van der Waals surface area contributed by atoms with Crippen molar-refractivity contribution in [2.75, 3.05) is 6.61 Å². The van der Waals surface area contributed by atoms with Crippen molar-refractivity contribution in [1.82, 2.24) is 0 Å². The summed E-state index contributed by atoms with van der Waals surface area (Å²) < 4.78 is 5.55. The van der Waals surface area contributed by atoms with Crippen molar-refractivity contribution in [2.45, 2.75) is 143 Å². The fourth-order valence-electron chi connectivity index (χ4n) is 3.91. The summed E-state index contributed by atoms with van der Waals surface area (Å²) >= 11 is 0. The first-order valence-corrected chi connectivity index (χ1v) is 12.8. The lowest BCUT2D eigenvalue weighted by Gasteiger charge is -2.16. The van der Waals surface area contributed by atoms with Gasteiger partial charge in [-0.1, -0.05) is 118 Å². The van der Waals surface area contributed by atoms with E-state index in [2.05, 4.69) is 27.7 Å². The summed E-state index contributed by atoms with van der Waals surface area (Å²) in [5, 5.41) is 0. The molecule has 0 aliphatic carbocycles. The Balaban J connectivity index is 3.92. The molecule has 0 rings (SSSR count). The van der Waals surface area contributed by atoms with Crippen molar-refractivity contribution in [3.05, 3.63) is 0 Å². The Kier molecular flexibility index (Phi) is 20.8. The summed E-state index contributed by atoms with van der Waals surface area (Å²) in [6.45, 7) is 9.72. The lowest BCUT2D eigenvalue weighted by molar-refractivity contribution is -0.145. The topological polar surface area (TPSA) is 26.3 Å². The van der Waals surface area contributed by atoms with Gasteiger partial charge in [-0.2, -0.15) is 0 Å². The van der Waals surface area contributed by atoms with Crippen LogP contribution in [0.15, 0.2) is 0 Å². The molecule has 0 heterocycles. The smallest absolute Gasteiger partial charge is 0.306 e. The molecule has 0 amide bonds. The molecule has 0 aromatic rings. The van der Waals surface area contributed by atoms with Gasteiger partial charge in [0.1, 0.15) is 0 Å². The first-order valence-electron chi connectivity index (χ1n) is 12.8. The van der Waals surface area contributed by atoms with Crippen molar-refractivity contribution in [3.8, 4) is 0 Å². The van der Waals surface area contributed by atoms with Crippen LogP contribution in [-0.2, 0) is 9.53 Å². The Morgan fingerprint density at radius 2 is 1.11 bits per heavy atom. The van der Waals surface area contributed by atoms with Crippen LogP contribution in [0.5, 0.6) is 0 Å². The highest BCUT2D eigenvalue weighted by Gasteiger charge is 2.14. The average molecular weight is 397 g/mol. The molecule has 28 heavy (non-hydrogen) atoms. The number of carbonyl (C=O) groups excluding carboxylic acids is 1. The number of esters is 1. The van der Waals surface area contributed by atoms with Crippen LogP contribution in [0.2, 0.25) is 0 Å². The Morgan fingerprint density at radius 3 is 1.68 bits per heavy atom. The van der Waals surface area contributed by atoms with Crippen LogP contribution < -0.4 is 0 Å². The van der Waals surface area contributed by atoms with E-state index < -0.39 is 0 Å².